The van der Waals surface area contributed by atoms with Crippen molar-refractivity contribution in [1.82, 2.24) is 4.57 Å². The van der Waals surface area contributed by atoms with E-state index in [1.165, 1.54) is 32.6 Å². The molecular weight excluding hydrogens is 685 g/mol. The maximum absolute atomic E-state index is 6.61. The molecule has 12 rings (SSSR count). The van der Waals surface area contributed by atoms with E-state index in [-0.39, 0.29) is 0 Å². The van der Waals surface area contributed by atoms with Gasteiger partial charge in [-0.05, 0) is 77.2 Å². The minimum absolute atomic E-state index is 0.842. The van der Waals surface area contributed by atoms with Crippen LogP contribution < -0.4 is 4.90 Å². The first-order valence-electron chi connectivity index (χ1n) is 19.0. The van der Waals surface area contributed by atoms with Gasteiger partial charge < -0.3 is 18.3 Å². The first-order chi connectivity index (χ1) is 27.8. The number of rotatable bonds is 5. The van der Waals surface area contributed by atoms with Gasteiger partial charge in [0.2, 0.25) is 0 Å². The van der Waals surface area contributed by atoms with Crippen LogP contribution in [-0.2, 0) is 0 Å². The SMILES string of the molecule is c1ccc(-n2c3cc(-c4ccc(N(c5ccc6c(c5)oc5ccccc56)c5cccc6c5oc5ccccc56)cc4)ccc3c3ccc4ccccc4c32)cc1. The molecule has 0 aliphatic rings. The summed E-state index contributed by atoms with van der Waals surface area (Å²) in [5.41, 5.74) is 12.3. The molecule has 0 aliphatic carbocycles. The van der Waals surface area contributed by atoms with Crippen LogP contribution in [-0.4, -0.2) is 4.57 Å². The molecule has 262 valence electrons. The molecule has 56 heavy (non-hydrogen) atoms. The molecule has 0 aliphatic heterocycles. The molecule has 0 fully saturated rings. The molecule has 0 radical (unpaired) electrons. The monoisotopic (exact) mass is 716 g/mol. The quantitative estimate of drug-likeness (QED) is 0.178. The van der Waals surface area contributed by atoms with Gasteiger partial charge in [-0.15, -0.1) is 0 Å². The lowest BCUT2D eigenvalue weighted by Crippen LogP contribution is -2.10. The number of nitrogens with zero attached hydrogens (tertiary/aromatic N) is 2. The van der Waals surface area contributed by atoms with Gasteiger partial charge in [0, 0.05) is 55.1 Å². The summed E-state index contributed by atoms with van der Waals surface area (Å²) in [6.07, 6.45) is 0. The Labute approximate surface area is 321 Å². The zero-order valence-electron chi connectivity index (χ0n) is 30.2. The molecule has 0 amide bonds. The second kappa shape index (κ2) is 12.0. The van der Waals surface area contributed by atoms with Gasteiger partial charge in [0.05, 0.1) is 22.4 Å². The smallest absolute Gasteiger partial charge is 0.159 e. The molecule has 0 unspecified atom stereocenters. The summed E-state index contributed by atoms with van der Waals surface area (Å²) < 4.78 is 15.4. The number of hydrogen-bond donors (Lipinski definition) is 0. The number of anilines is 3. The second-order valence-corrected chi connectivity index (χ2v) is 14.5. The van der Waals surface area contributed by atoms with Crippen molar-refractivity contribution >= 4 is 93.5 Å². The van der Waals surface area contributed by atoms with Gasteiger partial charge in [-0.1, -0.05) is 127 Å². The third kappa shape index (κ3) is 4.60. The third-order valence-electron chi connectivity index (χ3n) is 11.4. The largest absolute Gasteiger partial charge is 0.456 e. The summed E-state index contributed by atoms with van der Waals surface area (Å²) in [6.45, 7) is 0. The molecule has 9 aromatic carbocycles. The van der Waals surface area contributed by atoms with Gasteiger partial charge in [-0.2, -0.15) is 0 Å². The summed E-state index contributed by atoms with van der Waals surface area (Å²) in [5.74, 6) is 0. The molecule has 3 heterocycles. The van der Waals surface area contributed by atoms with E-state index in [1.807, 2.05) is 24.3 Å². The first kappa shape index (κ1) is 30.9. The van der Waals surface area contributed by atoms with Gasteiger partial charge in [-0.3, -0.25) is 0 Å². The van der Waals surface area contributed by atoms with Gasteiger partial charge in [0.15, 0.2) is 5.58 Å². The Morgan fingerprint density at radius 2 is 1.00 bits per heavy atom. The normalized spacial score (nSPS) is 11.9. The van der Waals surface area contributed by atoms with E-state index in [2.05, 4.69) is 179 Å². The Kier molecular flexibility index (Phi) is 6.60. The lowest BCUT2D eigenvalue weighted by Gasteiger charge is -2.25. The summed E-state index contributed by atoms with van der Waals surface area (Å²) >= 11 is 0. The highest BCUT2D eigenvalue weighted by Gasteiger charge is 2.21. The molecule has 0 bridgehead atoms. The predicted octanol–water partition coefficient (Wildman–Crippen LogP) is 14.9. The standard InChI is InChI=1S/C52H32N2O2/c1-2-12-36(13-3-1)54-47-31-35(24-28-40(47)44-29-23-34-11-4-5-14-39(34)51(44)54)33-21-25-37(26-22-33)53(38-27-30-43-41-15-6-8-19-48(41)55-50(43)32-38)46-18-10-17-45-42-16-7-9-20-49(42)56-52(45)46/h1-32H. The van der Waals surface area contributed by atoms with E-state index < -0.39 is 0 Å². The Morgan fingerprint density at radius 3 is 1.84 bits per heavy atom. The lowest BCUT2D eigenvalue weighted by atomic mass is 10.0. The van der Waals surface area contributed by atoms with Gasteiger partial charge in [-0.25, -0.2) is 0 Å². The average molecular weight is 717 g/mol. The summed E-state index contributed by atoms with van der Waals surface area (Å²) in [6, 6.07) is 69.0. The molecule has 4 heteroatoms. The Morgan fingerprint density at radius 1 is 0.375 bits per heavy atom. The van der Waals surface area contributed by atoms with Crippen molar-refractivity contribution in [2.75, 3.05) is 4.90 Å². The van der Waals surface area contributed by atoms with Crippen molar-refractivity contribution in [3.05, 3.63) is 194 Å². The minimum Gasteiger partial charge on any atom is -0.456 e. The van der Waals surface area contributed by atoms with E-state index >= 15 is 0 Å². The zero-order valence-corrected chi connectivity index (χ0v) is 30.2. The van der Waals surface area contributed by atoms with Crippen molar-refractivity contribution in [2.24, 2.45) is 0 Å². The number of fused-ring (bicyclic) bond motifs is 11. The Balaban J connectivity index is 1.03. The number of hydrogen-bond acceptors (Lipinski definition) is 3. The molecule has 0 spiro atoms. The number of benzene rings is 9. The molecule has 0 N–H and O–H groups in total. The van der Waals surface area contributed by atoms with Crippen molar-refractivity contribution < 1.29 is 8.83 Å². The van der Waals surface area contributed by atoms with E-state index in [4.69, 9.17) is 8.83 Å². The van der Waals surface area contributed by atoms with Crippen molar-refractivity contribution in [3.63, 3.8) is 0 Å². The van der Waals surface area contributed by atoms with E-state index in [0.717, 1.165) is 77.8 Å². The fraction of sp³-hybridized carbons (Fsp3) is 0. The lowest BCUT2D eigenvalue weighted by molar-refractivity contribution is 0.667. The molecule has 0 saturated carbocycles. The predicted molar refractivity (Wildman–Crippen MR) is 233 cm³/mol. The number of furan rings is 2. The molecule has 0 saturated heterocycles. The van der Waals surface area contributed by atoms with E-state index in [0.29, 0.717) is 0 Å². The van der Waals surface area contributed by atoms with Crippen LogP contribution in [0.15, 0.2) is 203 Å². The van der Waals surface area contributed by atoms with Crippen molar-refractivity contribution in [1.29, 1.82) is 0 Å². The fourth-order valence-corrected chi connectivity index (χ4v) is 8.80. The van der Waals surface area contributed by atoms with Crippen LogP contribution in [0.4, 0.5) is 17.1 Å². The van der Waals surface area contributed by atoms with Crippen LogP contribution in [0.1, 0.15) is 0 Å². The van der Waals surface area contributed by atoms with Crippen LogP contribution in [0.25, 0.3) is 93.3 Å². The van der Waals surface area contributed by atoms with Crippen LogP contribution in [0.5, 0.6) is 0 Å². The highest BCUT2D eigenvalue weighted by atomic mass is 16.3. The Bertz CT molecular complexity index is 3480. The topological polar surface area (TPSA) is 34.5 Å². The zero-order chi connectivity index (χ0) is 36.7. The summed E-state index contributed by atoms with van der Waals surface area (Å²) in [5, 5.41) is 9.36. The van der Waals surface area contributed by atoms with Crippen LogP contribution >= 0.6 is 0 Å². The molecular formula is C52H32N2O2. The average Bonchev–Trinajstić information content (AvgIpc) is 3.94. The highest BCUT2D eigenvalue weighted by Crippen LogP contribution is 2.44. The molecule has 0 atom stereocenters. The Hall–Kier alpha value is -7.56. The second-order valence-electron chi connectivity index (χ2n) is 14.5. The van der Waals surface area contributed by atoms with Crippen LogP contribution in [0.2, 0.25) is 0 Å². The highest BCUT2D eigenvalue weighted by molar-refractivity contribution is 6.19. The van der Waals surface area contributed by atoms with Gasteiger partial charge >= 0.3 is 0 Å². The minimum atomic E-state index is 0.842. The third-order valence-corrected chi connectivity index (χ3v) is 11.4. The fourth-order valence-electron chi connectivity index (χ4n) is 8.80. The van der Waals surface area contributed by atoms with E-state index in [1.54, 1.807) is 0 Å². The van der Waals surface area contributed by atoms with E-state index in [9.17, 15) is 0 Å². The van der Waals surface area contributed by atoms with Crippen LogP contribution in [0, 0.1) is 0 Å². The first-order valence-corrected chi connectivity index (χ1v) is 19.0. The molecule has 3 aromatic heterocycles. The maximum atomic E-state index is 6.61. The maximum Gasteiger partial charge on any atom is 0.159 e. The van der Waals surface area contributed by atoms with Gasteiger partial charge in [0.1, 0.15) is 16.7 Å². The number of para-hydroxylation sites is 4. The van der Waals surface area contributed by atoms with Crippen LogP contribution in [0.3, 0.4) is 0 Å². The van der Waals surface area contributed by atoms with Gasteiger partial charge in [0.25, 0.3) is 0 Å². The van der Waals surface area contributed by atoms with Crippen molar-refractivity contribution in [3.8, 4) is 16.8 Å². The molecule has 4 nitrogen and oxygen atoms in total. The summed E-state index contributed by atoms with van der Waals surface area (Å²) in [4.78, 5) is 2.28. The summed E-state index contributed by atoms with van der Waals surface area (Å²) in [7, 11) is 0. The number of aromatic nitrogens is 1. The molecule has 12 aromatic rings. The van der Waals surface area contributed by atoms with Crippen molar-refractivity contribution in [2.45, 2.75) is 0 Å².